The second kappa shape index (κ2) is 7.04. The molecule has 2 N–H and O–H groups in total. The molecule has 1 fully saturated rings. The molecule has 3 heteroatoms. The molecule has 2 atom stereocenters. The van der Waals surface area contributed by atoms with Gasteiger partial charge in [0.1, 0.15) is 0 Å². The summed E-state index contributed by atoms with van der Waals surface area (Å²) >= 11 is 0. The van der Waals surface area contributed by atoms with Gasteiger partial charge in [-0.15, -0.1) is 0 Å². The third-order valence-electron chi connectivity index (χ3n) is 3.96. The number of nitrogens with two attached hydrogens (primary N) is 1. The van der Waals surface area contributed by atoms with Crippen LogP contribution in [0.2, 0.25) is 0 Å². The number of hydrogen-bond donors (Lipinski definition) is 1. The molecule has 1 aromatic carbocycles. The highest BCUT2D eigenvalue weighted by atomic mass is 16.5. The van der Waals surface area contributed by atoms with Crippen LogP contribution in [0.5, 0.6) is 0 Å². The molecule has 1 aliphatic heterocycles. The monoisotopic (exact) mass is 262 g/mol. The first kappa shape index (κ1) is 14.5. The van der Waals surface area contributed by atoms with Crippen LogP contribution in [0.25, 0.3) is 0 Å². The number of hydrogen-bond acceptors (Lipinski definition) is 3. The van der Waals surface area contributed by atoms with Gasteiger partial charge < -0.3 is 10.5 Å². The molecule has 0 spiro atoms. The molecule has 0 saturated carbocycles. The molecule has 0 aromatic heterocycles. The van der Waals surface area contributed by atoms with E-state index in [1.165, 1.54) is 24.0 Å². The quantitative estimate of drug-likeness (QED) is 0.856. The zero-order chi connectivity index (χ0) is 13.7. The summed E-state index contributed by atoms with van der Waals surface area (Å²) in [6, 6.07) is 8.98. The normalized spacial score (nSPS) is 20.9. The molecule has 19 heavy (non-hydrogen) atoms. The van der Waals surface area contributed by atoms with E-state index in [9.17, 15) is 0 Å². The van der Waals surface area contributed by atoms with E-state index in [1.54, 1.807) is 0 Å². The zero-order valence-corrected chi connectivity index (χ0v) is 12.1. The summed E-state index contributed by atoms with van der Waals surface area (Å²) in [5.74, 6) is 0. The van der Waals surface area contributed by atoms with Gasteiger partial charge in [-0.25, -0.2) is 0 Å². The summed E-state index contributed by atoms with van der Waals surface area (Å²) in [7, 11) is 0. The third-order valence-corrected chi connectivity index (χ3v) is 3.96. The lowest BCUT2D eigenvalue weighted by Gasteiger charge is -2.32. The topological polar surface area (TPSA) is 38.5 Å². The van der Waals surface area contributed by atoms with Crippen molar-refractivity contribution in [3.8, 4) is 0 Å². The van der Waals surface area contributed by atoms with Crippen LogP contribution in [-0.4, -0.2) is 37.2 Å². The van der Waals surface area contributed by atoms with E-state index in [0.717, 1.165) is 19.7 Å². The molecule has 2 rings (SSSR count). The molecule has 1 aliphatic rings. The van der Waals surface area contributed by atoms with Crippen LogP contribution in [0, 0.1) is 6.92 Å². The summed E-state index contributed by atoms with van der Waals surface area (Å²) in [6.45, 7) is 7.91. The molecule has 2 unspecified atom stereocenters. The average molecular weight is 262 g/mol. The number of likely N-dealkylation sites (N-methyl/N-ethyl adjacent to an activating group) is 1. The number of nitrogens with zero attached hydrogens (tertiary/aromatic N) is 1. The first-order chi connectivity index (χ1) is 9.24. The Hall–Kier alpha value is -0.900. The maximum absolute atomic E-state index is 6.02. The van der Waals surface area contributed by atoms with Crippen molar-refractivity contribution in [2.24, 2.45) is 5.73 Å². The Morgan fingerprint density at radius 3 is 2.89 bits per heavy atom. The van der Waals surface area contributed by atoms with Gasteiger partial charge in [0.15, 0.2) is 0 Å². The molecule has 1 aromatic rings. The smallest absolute Gasteiger partial charge is 0.0703 e. The van der Waals surface area contributed by atoms with Crippen molar-refractivity contribution in [2.75, 3.05) is 26.2 Å². The Morgan fingerprint density at radius 1 is 1.47 bits per heavy atom. The van der Waals surface area contributed by atoms with Gasteiger partial charge in [0.2, 0.25) is 0 Å². The number of ether oxygens (including phenoxy) is 1. The van der Waals surface area contributed by atoms with E-state index >= 15 is 0 Å². The van der Waals surface area contributed by atoms with E-state index in [1.807, 2.05) is 0 Å². The highest BCUT2D eigenvalue weighted by molar-refractivity contribution is 5.25. The number of benzene rings is 1. The van der Waals surface area contributed by atoms with Crippen molar-refractivity contribution in [1.82, 2.24) is 4.90 Å². The third kappa shape index (κ3) is 3.78. The largest absolute Gasteiger partial charge is 0.377 e. The predicted molar refractivity (Wildman–Crippen MR) is 79.2 cm³/mol. The Kier molecular flexibility index (Phi) is 5.37. The second-order valence-corrected chi connectivity index (χ2v) is 5.39. The highest BCUT2D eigenvalue weighted by Crippen LogP contribution is 2.23. The Balaban J connectivity index is 2.08. The standard InChI is InChI=1S/C16H26N2O/c1-3-18(12-15-8-5-9-19-15)16(11-17)14-7-4-6-13(2)10-14/h4,6-7,10,15-16H,3,5,8-9,11-12,17H2,1-2H3. The van der Waals surface area contributed by atoms with E-state index < -0.39 is 0 Å². The van der Waals surface area contributed by atoms with Crippen molar-refractivity contribution in [2.45, 2.75) is 38.8 Å². The molecular formula is C16H26N2O. The van der Waals surface area contributed by atoms with Gasteiger partial charge in [-0.3, -0.25) is 4.90 Å². The lowest BCUT2D eigenvalue weighted by molar-refractivity contribution is 0.0601. The Morgan fingerprint density at radius 2 is 2.32 bits per heavy atom. The fourth-order valence-electron chi connectivity index (χ4n) is 2.90. The molecule has 1 saturated heterocycles. The first-order valence-electron chi connectivity index (χ1n) is 7.37. The summed E-state index contributed by atoms with van der Waals surface area (Å²) in [5, 5.41) is 0. The maximum Gasteiger partial charge on any atom is 0.0703 e. The van der Waals surface area contributed by atoms with E-state index in [0.29, 0.717) is 18.7 Å². The van der Waals surface area contributed by atoms with Crippen molar-refractivity contribution in [3.63, 3.8) is 0 Å². The second-order valence-electron chi connectivity index (χ2n) is 5.39. The minimum absolute atomic E-state index is 0.300. The molecule has 3 nitrogen and oxygen atoms in total. The van der Waals surface area contributed by atoms with Gasteiger partial charge in [-0.2, -0.15) is 0 Å². The summed E-state index contributed by atoms with van der Waals surface area (Å²) < 4.78 is 5.76. The SMILES string of the molecule is CCN(CC1CCCO1)C(CN)c1cccc(C)c1. The van der Waals surface area contributed by atoms with Crippen LogP contribution in [0.4, 0.5) is 0 Å². The van der Waals surface area contributed by atoms with E-state index in [-0.39, 0.29) is 0 Å². The predicted octanol–water partition coefficient (Wildman–Crippen LogP) is 2.50. The number of aryl methyl sites for hydroxylation is 1. The summed E-state index contributed by atoms with van der Waals surface area (Å²) in [6.07, 6.45) is 2.76. The minimum Gasteiger partial charge on any atom is -0.377 e. The van der Waals surface area contributed by atoms with Crippen LogP contribution in [0.3, 0.4) is 0 Å². The van der Waals surface area contributed by atoms with Crippen LogP contribution < -0.4 is 5.73 Å². The van der Waals surface area contributed by atoms with Crippen molar-refractivity contribution in [1.29, 1.82) is 0 Å². The van der Waals surface area contributed by atoms with Gasteiger partial charge in [-0.1, -0.05) is 36.8 Å². The van der Waals surface area contributed by atoms with Crippen LogP contribution >= 0.6 is 0 Å². The average Bonchev–Trinajstić information content (AvgIpc) is 2.91. The minimum atomic E-state index is 0.300. The molecule has 106 valence electrons. The van der Waals surface area contributed by atoms with Gasteiger partial charge >= 0.3 is 0 Å². The summed E-state index contributed by atoms with van der Waals surface area (Å²) in [5.41, 5.74) is 8.64. The lowest BCUT2D eigenvalue weighted by Crippen LogP contribution is -2.38. The lowest BCUT2D eigenvalue weighted by atomic mass is 10.0. The van der Waals surface area contributed by atoms with Crippen molar-refractivity contribution in [3.05, 3.63) is 35.4 Å². The van der Waals surface area contributed by atoms with Crippen molar-refractivity contribution < 1.29 is 4.74 Å². The highest BCUT2D eigenvalue weighted by Gasteiger charge is 2.23. The molecule has 0 amide bonds. The van der Waals surface area contributed by atoms with Crippen LogP contribution in [0.15, 0.2) is 24.3 Å². The summed E-state index contributed by atoms with van der Waals surface area (Å²) in [4.78, 5) is 2.45. The zero-order valence-electron chi connectivity index (χ0n) is 12.1. The van der Waals surface area contributed by atoms with Crippen LogP contribution in [0.1, 0.15) is 36.9 Å². The Labute approximate surface area is 116 Å². The molecule has 0 aliphatic carbocycles. The van der Waals surface area contributed by atoms with E-state index in [4.69, 9.17) is 10.5 Å². The van der Waals surface area contributed by atoms with Crippen LogP contribution in [-0.2, 0) is 4.74 Å². The number of rotatable bonds is 6. The molecule has 0 bridgehead atoms. The molecular weight excluding hydrogens is 236 g/mol. The van der Waals surface area contributed by atoms with Gasteiger partial charge in [0.05, 0.1) is 6.10 Å². The fourth-order valence-corrected chi connectivity index (χ4v) is 2.90. The molecule has 1 heterocycles. The van der Waals surface area contributed by atoms with E-state index in [2.05, 4.69) is 43.0 Å². The maximum atomic E-state index is 6.02. The fraction of sp³-hybridized carbons (Fsp3) is 0.625. The van der Waals surface area contributed by atoms with Gasteiger partial charge in [0, 0.05) is 25.7 Å². The van der Waals surface area contributed by atoms with Gasteiger partial charge in [0.25, 0.3) is 0 Å². The first-order valence-corrected chi connectivity index (χ1v) is 7.37. The van der Waals surface area contributed by atoms with Gasteiger partial charge in [-0.05, 0) is 31.9 Å². The van der Waals surface area contributed by atoms with Crippen molar-refractivity contribution >= 4 is 0 Å². The Bertz CT molecular complexity index is 388. The molecule has 0 radical (unpaired) electrons.